The summed E-state index contributed by atoms with van der Waals surface area (Å²) in [5.74, 6) is 2.64. The van der Waals surface area contributed by atoms with Crippen LogP contribution in [0.1, 0.15) is 38.5 Å². The van der Waals surface area contributed by atoms with E-state index in [2.05, 4.69) is 39.5 Å². The number of piperidine rings is 3. The van der Waals surface area contributed by atoms with Gasteiger partial charge in [0.25, 0.3) is 0 Å². The maximum absolute atomic E-state index is 13.8. The minimum atomic E-state index is 0.318. The van der Waals surface area contributed by atoms with E-state index in [4.69, 9.17) is 0 Å². The minimum Gasteiger partial charge on any atom is -0.387 e. The molecule has 8 rings (SSSR count). The second kappa shape index (κ2) is 6.46. The molecule has 0 aromatic carbocycles. The number of ketones is 1. The Morgan fingerprint density at radius 3 is 2.80 bits per heavy atom. The van der Waals surface area contributed by atoms with Crippen LogP contribution in [0.4, 0.5) is 0 Å². The molecule has 4 nitrogen and oxygen atoms in total. The predicted octanol–water partition coefficient (Wildman–Crippen LogP) is 3.52. The molecule has 0 aromatic heterocycles. The fraction of sp³-hybridized carbons (Fsp3) is 0.577. The van der Waals surface area contributed by atoms with E-state index in [1.165, 1.54) is 73.4 Å². The fourth-order valence-corrected chi connectivity index (χ4v) is 7.71. The van der Waals surface area contributed by atoms with Gasteiger partial charge in [-0.05, 0) is 87.1 Å². The number of hydrogen-bond donors (Lipinski definition) is 1. The first kappa shape index (κ1) is 17.6. The number of hydrogen-bond acceptors (Lipinski definition) is 4. The van der Waals surface area contributed by atoms with Gasteiger partial charge >= 0.3 is 0 Å². The number of fused-ring (bicyclic) bond motifs is 8. The monoisotopic (exact) mass is 401 g/mol. The predicted molar refractivity (Wildman–Crippen MR) is 117 cm³/mol. The summed E-state index contributed by atoms with van der Waals surface area (Å²) in [6, 6.07) is 0.328. The molecular formula is C26H31N3O. The summed E-state index contributed by atoms with van der Waals surface area (Å²) in [4.78, 5) is 19.1. The quantitative estimate of drug-likeness (QED) is 0.729. The van der Waals surface area contributed by atoms with Crippen LogP contribution < -0.4 is 5.32 Å². The summed E-state index contributed by atoms with van der Waals surface area (Å²) < 4.78 is 0. The number of carbonyl (C=O) groups excluding carboxylic acids is 1. The molecule has 156 valence electrons. The number of rotatable bonds is 1. The van der Waals surface area contributed by atoms with Crippen molar-refractivity contribution in [3.05, 3.63) is 58.6 Å². The Labute approximate surface area is 179 Å². The van der Waals surface area contributed by atoms with Crippen LogP contribution >= 0.6 is 0 Å². The zero-order chi connectivity index (χ0) is 19.8. The summed E-state index contributed by atoms with van der Waals surface area (Å²) in [5.41, 5.74) is 6.64. The fourth-order valence-electron chi connectivity index (χ4n) is 7.71. The summed E-state index contributed by atoms with van der Waals surface area (Å²) >= 11 is 0. The first-order chi connectivity index (χ1) is 14.8. The zero-order valence-corrected chi connectivity index (χ0v) is 17.6. The zero-order valence-electron chi connectivity index (χ0n) is 17.6. The second-order valence-electron chi connectivity index (χ2n) is 10.3. The Balaban J connectivity index is 1.41. The van der Waals surface area contributed by atoms with Crippen LogP contribution in [0.3, 0.4) is 0 Å². The molecule has 0 radical (unpaired) electrons. The Bertz CT molecular complexity index is 959. The van der Waals surface area contributed by atoms with E-state index in [1.54, 1.807) is 0 Å². The standard InChI is InChI=1S/C26H31N3O/c30-24-13-17-3-1-2-4-22(17)29-23-7-10-27-14-20(23)19-6-5-18(25(24)26(19)29)21-15-28-11-8-16(21)9-12-28/h1,3,7,13-14,16,18-19,21-22,27H,2,4-6,8-12,15H2. The van der Waals surface area contributed by atoms with Crippen LogP contribution in [-0.4, -0.2) is 47.8 Å². The maximum atomic E-state index is 13.8. The van der Waals surface area contributed by atoms with E-state index >= 15 is 0 Å². The highest BCUT2D eigenvalue weighted by Crippen LogP contribution is 2.56. The van der Waals surface area contributed by atoms with Gasteiger partial charge in [0, 0.05) is 47.7 Å². The smallest absolute Gasteiger partial charge is 0.184 e. The molecule has 4 atom stereocenters. The molecule has 0 amide bonds. The van der Waals surface area contributed by atoms with Gasteiger partial charge in [-0.25, -0.2) is 0 Å². The molecule has 0 saturated carbocycles. The van der Waals surface area contributed by atoms with E-state index in [0.717, 1.165) is 25.3 Å². The van der Waals surface area contributed by atoms with Gasteiger partial charge in [-0.15, -0.1) is 0 Å². The average Bonchev–Trinajstić information content (AvgIpc) is 3.06. The third-order valence-electron chi connectivity index (χ3n) is 9.00. The number of dihydropyridines is 1. The van der Waals surface area contributed by atoms with Gasteiger partial charge in [-0.2, -0.15) is 0 Å². The lowest BCUT2D eigenvalue weighted by atomic mass is 9.64. The first-order valence-electron chi connectivity index (χ1n) is 12.1. The summed E-state index contributed by atoms with van der Waals surface area (Å²) in [7, 11) is 0. The average molecular weight is 402 g/mol. The molecule has 2 aliphatic carbocycles. The Kier molecular flexibility index (Phi) is 3.79. The highest BCUT2D eigenvalue weighted by atomic mass is 16.1. The van der Waals surface area contributed by atoms with Crippen molar-refractivity contribution in [3.8, 4) is 0 Å². The third kappa shape index (κ3) is 2.34. The number of carbonyl (C=O) groups is 1. The molecule has 4 unspecified atom stereocenters. The minimum absolute atomic E-state index is 0.318. The summed E-state index contributed by atoms with van der Waals surface area (Å²) in [5, 5.41) is 3.46. The molecular weight excluding hydrogens is 370 g/mol. The van der Waals surface area contributed by atoms with Crippen LogP contribution in [0.5, 0.6) is 0 Å². The molecule has 6 heterocycles. The molecule has 6 aliphatic heterocycles. The lowest BCUT2D eigenvalue weighted by molar-refractivity contribution is -0.112. The van der Waals surface area contributed by atoms with Crippen molar-refractivity contribution in [1.29, 1.82) is 0 Å². The first-order valence-corrected chi connectivity index (χ1v) is 12.1. The van der Waals surface area contributed by atoms with Crippen molar-refractivity contribution in [3.63, 3.8) is 0 Å². The highest BCUT2D eigenvalue weighted by molar-refractivity contribution is 6.06. The van der Waals surface area contributed by atoms with Crippen LogP contribution in [0.15, 0.2) is 58.6 Å². The van der Waals surface area contributed by atoms with Gasteiger partial charge in [-0.1, -0.05) is 12.2 Å². The third-order valence-corrected chi connectivity index (χ3v) is 9.00. The topological polar surface area (TPSA) is 35.6 Å². The number of nitrogens with zero attached hydrogens (tertiary/aromatic N) is 2. The molecule has 0 aromatic rings. The Hall–Kier alpha value is -2.07. The molecule has 4 heteroatoms. The van der Waals surface area contributed by atoms with Gasteiger partial charge in [-0.3, -0.25) is 4.79 Å². The molecule has 30 heavy (non-hydrogen) atoms. The van der Waals surface area contributed by atoms with Crippen LogP contribution in [0, 0.1) is 23.7 Å². The molecule has 0 spiro atoms. The Morgan fingerprint density at radius 2 is 1.97 bits per heavy atom. The van der Waals surface area contributed by atoms with Crippen molar-refractivity contribution in [2.45, 2.75) is 44.6 Å². The highest BCUT2D eigenvalue weighted by Gasteiger charge is 2.51. The lowest BCUT2D eigenvalue weighted by Gasteiger charge is -2.49. The van der Waals surface area contributed by atoms with E-state index in [-0.39, 0.29) is 0 Å². The van der Waals surface area contributed by atoms with Gasteiger partial charge in [0.15, 0.2) is 5.78 Å². The molecule has 4 saturated heterocycles. The van der Waals surface area contributed by atoms with Crippen molar-refractivity contribution in [2.75, 3.05) is 26.2 Å². The van der Waals surface area contributed by atoms with Crippen molar-refractivity contribution in [2.24, 2.45) is 23.7 Å². The largest absolute Gasteiger partial charge is 0.387 e. The van der Waals surface area contributed by atoms with Crippen LogP contribution in [0.2, 0.25) is 0 Å². The van der Waals surface area contributed by atoms with Crippen molar-refractivity contribution in [1.82, 2.24) is 15.1 Å². The van der Waals surface area contributed by atoms with Crippen LogP contribution in [0.25, 0.3) is 0 Å². The maximum Gasteiger partial charge on any atom is 0.184 e. The second-order valence-corrected chi connectivity index (χ2v) is 10.3. The molecule has 1 N–H and O–H groups in total. The number of allylic oxidation sites excluding steroid dienone is 5. The summed E-state index contributed by atoms with van der Waals surface area (Å²) in [6.45, 7) is 4.63. The lowest BCUT2D eigenvalue weighted by Crippen LogP contribution is -2.51. The van der Waals surface area contributed by atoms with Gasteiger partial charge in [0.2, 0.25) is 0 Å². The van der Waals surface area contributed by atoms with Gasteiger partial charge in [0.05, 0.1) is 6.04 Å². The molecule has 4 fully saturated rings. The number of nitrogens with one attached hydrogen (secondary N) is 1. The van der Waals surface area contributed by atoms with Crippen molar-refractivity contribution < 1.29 is 4.79 Å². The molecule has 8 aliphatic rings. The molecule has 2 bridgehead atoms. The van der Waals surface area contributed by atoms with Gasteiger partial charge < -0.3 is 15.1 Å². The SMILES string of the molecule is O=C1C=C2C=CCCC2N2C3=CCNC=C3C3CCC(C4CN5CCC4CC5)C1=C32. The van der Waals surface area contributed by atoms with E-state index in [1.807, 2.05) is 6.08 Å². The summed E-state index contributed by atoms with van der Waals surface area (Å²) in [6.07, 6.45) is 18.4. The van der Waals surface area contributed by atoms with E-state index < -0.39 is 0 Å². The van der Waals surface area contributed by atoms with Gasteiger partial charge in [0.1, 0.15) is 0 Å². The normalized spacial score (nSPS) is 41.3. The van der Waals surface area contributed by atoms with Crippen LogP contribution in [-0.2, 0) is 4.79 Å². The Morgan fingerprint density at radius 1 is 1.07 bits per heavy atom. The van der Waals surface area contributed by atoms with Crippen molar-refractivity contribution >= 4 is 5.78 Å². The van der Waals surface area contributed by atoms with E-state index in [9.17, 15) is 4.79 Å². The van der Waals surface area contributed by atoms with E-state index in [0.29, 0.717) is 29.6 Å².